The molecule has 3 N–H and O–H groups in total. The normalized spacial score (nSPS) is 11.8. The minimum atomic E-state index is -0.905. The third-order valence-corrected chi connectivity index (χ3v) is 3.17. The number of hydrogen-bond donors (Lipinski definition) is 2. The average molecular weight is 311 g/mol. The third-order valence-electron chi connectivity index (χ3n) is 2.62. The van der Waals surface area contributed by atoms with E-state index in [1.165, 1.54) is 0 Å². The van der Waals surface area contributed by atoms with Gasteiger partial charge >= 0.3 is 0 Å². The summed E-state index contributed by atoms with van der Waals surface area (Å²) in [6.45, 7) is 0. The van der Waals surface area contributed by atoms with Gasteiger partial charge in [0.25, 0.3) is 5.91 Å². The van der Waals surface area contributed by atoms with Gasteiger partial charge in [0.2, 0.25) is 6.10 Å². The number of carbonyl (C=O) groups excluding carboxylic acids is 1. The Kier molecular flexibility index (Phi) is 4.84. The molecule has 6 heteroatoms. The van der Waals surface area contributed by atoms with Crippen LogP contribution < -0.4 is 16.0 Å². The molecule has 20 heavy (non-hydrogen) atoms. The SMILES string of the molecule is NNC(=O)C(Oc1cc(Cl)ccc1Cl)c1ccccc1. The number of nitrogens with two attached hydrogens (primary N) is 1. The van der Waals surface area contributed by atoms with Crippen molar-refractivity contribution in [1.82, 2.24) is 5.43 Å². The number of carbonyl (C=O) groups is 1. The molecule has 2 aromatic rings. The third kappa shape index (κ3) is 3.42. The van der Waals surface area contributed by atoms with Crippen LogP contribution in [0.5, 0.6) is 5.75 Å². The molecular weight excluding hydrogens is 299 g/mol. The van der Waals surface area contributed by atoms with Crippen molar-refractivity contribution in [3.05, 3.63) is 64.1 Å². The van der Waals surface area contributed by atoms with Crippen LogP contribution in [0.3, 0.4) is 0 Å². The molecular formula is C14H12Cl2N2O2. The zero-order chi connectivity index (χ0) is 14.5. The first kappa shape index (κ1) is 14.7. The average Bonchev–Trinajstić information content (AvgIpc) is 2.48. The van der Waals surface area contributed by atoms with Gasteiger partial charge in [0.05, 0.1) is 5.02 Å². The summed E-state index contributed by atoms with van der Waals surface area (Å²) in [5.41, 5.74) is 2.74. The summed E-state index contributed by atoms with van der Waals surface area (Å²) < 4.78 is 5.66. The van der Waals surface area contributed by atoms with Crippen molar-refractivity contribution < 1.29 is 9.53 Å². The molecule has 0 radical (unpaired) electrons. The van der Waals surface area contributed by atoms with Crippen molar-refractivity contribution in [2.75, 3.05) is 0 Å². The number of rotatable bonds is 4. The van der Waals surface area contributed by atoms with Gasteiger partial charge in [-0.05, 0) is 12.1 Å². The fraction of sp³-hybridized carbons (Fsp3) is 0.0714. The number of ether oxygens (including phenoxy) is 1. The molecule has 0 heterocycles. The molecule has 0 bridgehead atoms. The van der Waals surface area contributed by atoms with Crippen molar-refractivity contribution in [2.45, 2.75) is 6.10 Å². The highest BCUT2D eigenvalue weighted by atomic mass is 35.5. The molecule has 0 aromatic heterocycles. The summed E-state index contributed by atoms with van der Waals surface area (Å²) in [5.74, 6) is 5.03. The number of amides is 1. The van der Waals surface area contributed by atoms with Gasteiger partial charge in [-0.15, -0.1) is 0 Å². The van der Waals surface area contributed by atoms with Crippen LogP contribution in [0.15, 0.2) is 48.5 Å². The highest BCUT2D eigenvalue weighted by molar-refractivity contribution is 6.34. The van der Waals surface area contributed by atoms with Crippen molar-refractivity contribution in [3.63, 3.8) is 0 Å². The van der Waals surface area contributed by atoms with Crippen molar-refractivity contribution in [3.8, 4) is 5.75 Å². The number of hydrogen-bond acceptors (Lipinski definition) is 3. The van der Waals surface area contributed by atoms with Gasteiger partial charge in [0, 0.05) is 16.7 Å². The summed E-state index contributed by atoms with van der Waals surface area (Å²) in [6, 6.07) is 13.7. The van der Waals surface area contributed by atoms with Crippen LogP contribution in [0.1, 0.15) is 11.7 Å². The maximum atomic E-state index is 11.9. The number of nitrogens with one attached hydrogen (secondary N) is 1. The van der Waals surface area contributed by atoms with Crippen LogP contribution in [0.4, 0.5) is 0 Å². The fourth-order valence-electron chi connectivity index (χ4n) is 1.67. The zero-order valence-electron chi connectivity index (χ0n) is 10.3. The smallest absolute Gasteiger partial charge is 0.279 e. The Labute approximate surface area is 126 Å². The van der Waals surface area contributed by atoms with Crippen LogP contribution in [0.25, 0.3) is 0 Å². The lowest BCUT2D eigenvalue weighted by atomic mass is 10.1. The zero-order valence-corrected chi connectivity index (χ0v) is 11.9. The van der Waals surface area contributed by atoms with Gasteiger partial charge in [0.15, 0.2) is 0 Å². The van der Waals surface area contributed by atoms with Crippen LogP contribution >= 0.6 is 23.2 Å². The van der Waals surface area contributed by atoms with E-state index in [1.807, 2.05) is 6.07 Å². The molecule has 2 rings (SSSR count). The first-order chi connectivity index (χ1) is 9.61. The number of benzene rings is 2. The van der Waals surface area contributed by atoms with Gasteiger partial charge in [-0.2, -0.15) is 0 Å². The van der Waals surface area contributed by atoms with Crippen molar-refractivity contribution >= 4 is 29.1 Å². The van der Waals surface area contributed by atoms with E-state index in [0.29, 0.717) is 21.4 Å². The summed E-state index contributed by atoms with van der Waals surface area (Å²) in [7, 11) is 0. The molecule has 104 valence electrons. The van der Waals surface area contributed by atoms with E-state index in [0.717, 1.165) is 0 Å². The fourth-order valence-corrected chi connectivity index (χ4v) is 2.00. The van der Waals surface area contributed by atoms with Gasteiger partial charge in [-0.3, -0.25) is 10.2 Å². The standard InChI is InChI=1S/C14H12Cl2N2O2/c15-10-6-7-11(16)12(8-10)20-13(14(19)18-17)9-4-2-1-3-5-9/h1-8,13H,17H2,(H,18,19). The number of halogens is 2. The van der Waals surface area contributed by atoms with E-state index >= 15 is 0 Å². The lowest BCUT2D eigenvalue weighted by molar-refractivity contribution is -0.128. The van der Waals surface area contributed by atoms with Crippen LogP contribution in [0, 0.1) is 0 Å². The molecule has 2 aromatic carbocycles. The van der Waals surface area contributed by atoms with Crippen LogP contribution in [-0.4, -0.2) is 5.91 Å². The Morgan fingerprint density at radius 3 is 2.50 bits per heavy atom. The molecule has 0 spiro atoms. The monoisotopic (exact) mass is 310 g/mol. The first-order valence-electron chi connectivity index (χ1n) is 5.79. The van der Waals surface area contributed by atoms with Gasteiger partial charge in [-0.1, -0.05) is 53.5 Å². The van der Waals surface area contributed by atoms with Crippen LogP contribution in [-0.2, 0) is 4.79 Å². The molecule has 0 saturated carbocycles. The first-order valence-corrected chi connectivity index (χ1v) is 6.54. The highest BCUT2D eigenvalue weighted by Gasteiger charge is 2.22. The molecule has 0 aliphatic heterocycles. The molecule has 1 atom stereocenters. The van der Waals surface area contributed by atoms with Crippen LogP contribution in [0.2, 0.25) is 10.0 Å². The maximum Gasteiger partial charge on any atom is 0.279 e. The van der Waals surface area contributed by atoms with Gasteiger partial charge in [-0.25, -0.2) is 5.84 Å². The van der Waals surface area contributed by atoms with Gasteiger partial charge in [0.1, 0.15) is 5.75 Å². The second kappa shape index (κ2) is 6.61. The van der Waals surface area contributed by atoms with E-state index in [-0.39, 0.29) is 0 Å². The molecule has 4 nitrogen and oxygen atoms in total. The predicted molar refractivity (Wildman–Crippen MR) is 78.6 cm³/mol. The van der Waals surface area contributed by atoms with E-state index in [1.54, 1.807) is 42.5 Å². The highest BCUT2D eigenvalue weighted by Crippen LogP contribution is 2.31. The Morgan fingerprint density at radius 2 is 1.85 bits per heavy atom. The Hall–Kier alpha value is -1.75. The molecule has 0 saturated heterocycles. The summed E-state index contributed by atoms with van der Waals surface area (Å²) in [6.07, 6.45) is -0.905. The van der Waals surface area contributed by atoms with Crippen molar-refractivity contribution in [1.29, 1.82) is 0 Å². The maximum absolute atomic E-state index is 11.9. The summed E-state index contributed by atoms with van der Waals surface area (Å²) in [4.78, 5) is 11.9. The summed E-state index contributed by atoms with van der Waals surface area (Å²) >= 11 is 11.9. The summed E-state index contributed by atoms with van der Waals surface area (Å²) in [5, 5.41) is 0.824. The topological polar surface area (TPSA) is 64.3 Å². The molecule has 0 fully saturated rings. The lowest BCUT2D eigenvalue weighted by Gasteiger charge is -2.18. The van der Waals surface area contributed by atoms with Gasteiger partial charge < -0.3 is 4.74 Å². The largest absolute Gasteiger partial charge is 0.474 e. The second-order valence-electron chi connectivity index (χ2n) is 3.99. The molecule has 1 amide bonds. The number of hydrazine groups is 1. The van der Waals surface area contributed by atoms with E-state index in [2.05, 4.69) is 5.43 Å². The second-order valence-corrected chi connectivity index (χ2v) is 4.84. The molecule has 0 aliphatic rings. The minimum Gasteiger partial charge on any atom is -0.474 e. The molecule has 0 aliphatic carbocycles. The Bertz CT molecular complexity index is 605. The Morgan fingerprint density at radius 1 is 1.15 bits per heavy atom. The Balaban J connectivity index is 2.34. The quantitative estimate of drug-likeness (QED) is 0.518. The lowest BCUT2D eigenvalue weighted by Crippen LogP contribution is -2.37. The van der Waals surface area contributed by atoms with E-state index < -0.39 is 12.0 Å². The predicted octanol–water partition coefficient (Wildman–Crippen LogP) is 3.10. The molecule has 1 unspecified atom stereocenters. The minimum absolute atomic E-state index is 0.316. The van der Waals surface area contributed by atoms with E-state index in [4.69, 9.17) is 33.8 Å². The van der Waals surface area contributed by atoms with Crippen molar-refractivity contribution in [2.24, 2.45) is 5.84 Å². The van der Waals surface area contributed by atoms with E-state index in [9.17, 15) is 4.79 Å².